The second-order valence-corrected chi connectivity index (χ2v) is 4.52. The molecule has 0 bridgehead atoms. The summed E-state index contributed by atoms with van der Waals surface area (Å²) >= 11 is 0. The first-order chi connectivity index (χ1) is 9.91. The number of hydrogen-bond acceptors (Lipinski definition) is 6. The molecular weight excluding hydrogens is 289 g/mol. The van der Waals surface area contributed by atoms with Crippen LogP contribution < -0.4 is 22.1 Å². The highest BCUT2D eigenvalue weighted by Crippen LogP contribution is 2.18. The summed E-state index contributed by atoms with van der Waals surface area (Å²) < 4.78 is 41.0. The quantitative estimate of drug-likeness (QED) is 0.231. The number of hydrogen-bond donors (Lipinski definition) is 4. The molecule has 0 aliphatic heterocycles. The molecule has 126 valence electrons. The van der Waals surface area contributed by atoms with E-state index in [1.165, 1.54) is 0 Å². The molecule has 0 spiro atoms. The largest absolute Gasteiger partial charge is 0.490 e. The van der Waals surface area contributed by atoms with Crippen LogP contribution in [0.3, 0.4) is 0 Å². The van der Waals surface area contributed by atoms with Crippen LogP contribution in [0.2, 0.25) is 0 Å². The van der Waals surface area contributed by atoms with E-state index in [0.717, 1.165) is 13.0 Å². The number of rotatable bonds is 12. The van der Waals surface area contributed by atoms with Crippen LogP contribution in [-0.4, -0.2) is 51.1 Å². The van der Waals surface area contributed by atoms with Crippen molar-refractivity contribution >= 4 is 5.97 Å². The zero-order chi connectivity index (χ0) is 16.1. The van der Waals surface area contributed by atoms with Gasteiger partial charge in [0, 0.05) is 0 Å². The number of ether oxygens (including phenoxy) is 1. The van der Waals surface area contributed by atoms with E-state index in [2.05, 4.69) is 15.4 Å². The summed E-state index contributed by atoms with van der Waals surface area (Å²) in [6.45, 7) is 2.77. The Labute approximate surface area is 122 Å². The number of carbonyl (C=O) groups is 1. The van der Waals surface area contributed by atoms with Crippen molar-refractivity contribution in [1.82, 2.24) is 10.6 Å². The third kappa shape index (κ3) is 11.4. The Morgan fingerprint density at radius 2 is 1.62 bits per heavy atom. The van der Waals surface area contributed by atoms with Crippen molar-refractivity contribution < 1.29 is 22.7 Å². The molecule has 0 aliphatic carbocycles. The SMILES string of the molecule is NCCCNCCCC(NCCCN)OC(=O)C(F)(F)F. The number of esters is 1. The summed E-state index contributed by atoms with van der Waals surface area (Å²) in [4.78, 5) is 10.8. The van der Waals surface area contributed by atoms with E-state index in [0.29, 0.717) is 45.4 Å². The Hall–Kier alpha value is -0.900. The van der Waals surface area contributed by atoms with Gasteiger partial charge in [-0.3, -0.25) is 5.32 Å². The molecule has 1 unspecified atom stereocenters. The zero-order valence-electron chi connectivity index (χ0n) is 12.0. The molecule has 6 N–H and O–H groups in total. The van der Waals surface area contributed by atoms with Gasteiger partial charge in [-0.2, -0.15) is 13.2 Å². The van der Waals surface area contributed by atoms with Gasteiger partial charge in [-0.1, -0.05) is 0 Å². The number of halogens is 3. The predicted molar refractivity (Wildman–Crippen MR) is 73.4 cm³/mol. The first-order valence-electron chi connectivity index (χ1n) is 7.03. The summed E-state index contributed by atoms with van der Waals surface area (Å²) in [7, 11) is 0. The number of nitrogens with one attached hydrogen (secondary N) is 2. The van der Waals surface area contributed by atoms with E-state index < -0.39 is 18.4 Å². The van der Waals surface area contributed by atoms with E-state index in [9.17, 15) is 18.0 Å². The van der Waals surface area contributed by atoms with Crippen LogP contribution in [0.1, 0.15) is 25.7 Å². The van der Waals surface area contributed by atoms with Gasteiger partial charge in [0.2, 0.25) is 0 Å². The van der Waals surface area contributed by atoms with E-state index in [-0.39, 0.29) is 0 Å². The van der Waals surface area contributed by atoms with Crippen molar-refractivity contribution in [3.8, 4) is 0 Å². The molecule has 0 saturated heterocycles. The van der Waals surface area contributed by atoms with Gasteiger partial charge in [-0.05, 0) is 58.4 Å². The second kappa shape index (κ2) is 11.7. The molecule has 0 radical (unpaired) electrons. The smallest absolute Gasteiger partial charge is 0.440 e. The Kier molecular flexibility index (Phi) is 11.2. The maximum atomic E-state index is 12.2. The van der Waals surface area contributed by atoms with Crippen LogP contribution in [0.15, 0.2) is 0 Å². The van der Waals surface area contributed by atoms with Gasteiger partial charge in [0.1, 0.15) is 0 Å². The highest BCUT2D eigenvalue weighted by Gasteiger charge is 2.42. The fourth-order valence-electron chi connectivity index (χ4n) is 1.53. The lowest BCUT2D eigenvalue weighted by Crippen LogP contribution is -2.39. The Morgan fingerprint density at radius 1 is 1.05 bits per heavy atom. The van der Waals surface area contributed by atoms with Crippen molar-refractivity contribution in [2.75, 3.05) is 32.7 Å². The van der Waals surface area contributed by atoms with Gasteiger partial charge < -0.3 is 21.5 Å². The molecule has 9 heteroatoms. The Bertz CT molecular complexity index is 278. The highest BCUT2D eigenvalue weighted by molar-refractivity contribution is 5.75. The fraction of sp³-hybridized carbons (Fsp3) is 0.917. The molecule has 0 rings (SSSR count). The van der Waals surface area contributed by atoms with Crippen LogP contribution in [0.25, 0.3) is 0 Å². The van der Waals surface area contributed by atoms with E-state index in [4.69, 9.17) is 11.5 Å². The van der Waals surface area contributed by atoms with Gasteiger partial charge in [-0.25, -0.2) is 4.79 Å². The maximum absolute atomic E-state index is 12.2. The molecule has 0 aromatic heterocycles. The van der Waals surface area contributed by atoms with Gasteiger partial charge >= 0.3 is 12.1 Å². The monoisotopic (exact) mass is 314 g/mol. The van der Waals surface area contributed by atoms with Gasteiger partial charge in [0.05, 0.1) is 0 Å². The molecule has 0 fully saturated rings. The average molecular weight is 314 g/mol. The minimum atomic E-state index is -4.98. The Morgan fingerprint density at radius 3 is 2.19 bits per heavy atom. The summed E-state index contributed by atoms with van der Waals surface area (Å²) in [6.07, 6.45) is -3.64. The third-order valence-electron chi connectivity index (χ3n) is 2.61. The molecule has 0 aromatic rings. The number of alkyl halides is 3. The number of nitrogens with two attached hydrogens (primary N) is 2. The average Bonchev–Trinajstić information content (AvgIpc) is 2.41. The van der Waals surface area contributed by atoms with Gasteiger partial charge in [0.15, 0.2) is 6.23 Å². The van der Waals surface area contributed by atoms with Crippen LogP contribution in [0, 0.1) is 0 Å². The lowest BCUT2D eigenvalue weighted by molar-refractivity contribution is -0.206. The van der Waals surface area contributed by atoms with E-state index in [1.807, 2.05) is 0 Å². The normalized spacial score (nSPS) is 13.2. The zero-order valence-corrected chi connectivity index (χ0v) is 12.0. The maximum Gasteiger partial charge on any atom is 0.490 e. The predicted octanol–water partition coefficient (Wildman–Crippen LogP) is 0.0750. The van der Waals surface area contributed by atoms with Crippen molar-refractivity contribution in [3.63, 3.8) is 0 Å². The first kappa shape index (κ1) is 20.1. The summed E-state index contributed by atoms with van der Waals surface area (Å²) in [5.41, 5.74) is 10.6. The molecule has 6 nitrogen and oxygen atoms in total. The topological polar surface area (TPSA) is 102 Å². The van der Waals surface area contributed by atoms with Gasteiger partial charge in [-0.15, -0.1) is 0 Å². The van der Waals surface area contributed by atoms with Crippen molar-refractivity contribution in [1.29, 1.82) is 0 Å². The molecule has 21 heavy (non-hydrogen) atoms. The summed E-state index contributed by atoms with van der Waals surface area (Å²) in [5.74, 6) is -2.18. The molecule has 1 atom stereocenters. The molecular formula is C12H25F3N4O2. The minimum absolute atomic E-state index is 0.294. The molecule has 0 amide bonds. The summed E-state index contributed by atoms with van der Waals surface area (Å²) in [5, 5.41) is 5.86. The van der Waals surface area contributed by atoms with Crippen LogP contribution in [0.5, 0.6) is 0 Å². The van der Waals surface area contributed by atoms with E-state index in [1.54, 1.807) is 0 Å². The summed E-state index contributed by atoms with van der Waals surface area (Å²) in [6, 6.07) is 0. The molecule has 0 heterocycles. The van der Waals surface area contributed by atoms with Crippen molar-refractivity contribution in [2.24, 2.45) is 11.5 Å². The minimum Gasteiger partial charge on any atom is -0.440 e. The van der Waals surface area contributed by atoms with E-state index >= 15 is 0 Å². The second-order valence-electron chi connectivity index (χ2n) is 4.52. The molecule has 0 saturated carbocycles. The van der Waals surface area contributed by atoms with Gasteiger partial charge in [0.25, 0.3) is 0 Å². The van der Waals surface area contributed by atoms with Crippen LogP contribution in [0.4, 0.5) is 13.2 Å². The standard InChI is InChI=1S/C12H25F3N4O2/c13-12(14,15)11(20)21-10(19-9-3-6-17)4-1-7-18-8-2-5-16/h10,18-19H,1-9,16-17H2. The van der Waals surface area contributed by atoms with Crippen LogP contribution in [-0.2, 0) is 9.53 Å². The lowest BCUT2D eigenvalue weighted by atomic mass is 10.2. The first-order valence-corrected chi connectivity index (χ1v) is 7.03. The highest BCUT2D eigenvalue weighted by atomic mass is 19.4. The fourth-order valence-corrected chi connectivity index (χ4v) is 1.53. The Balaban J connectivity index is 4.05. The van der Waals surface area contributed by atoms with Crippen LogP contribution >= 0.6 is 0 Å². The molecule has 0 aromatic carbocycles. The number of carbonyl (C=O) groups excluding carboxylic acids is 1. The van der Waals surface area contributed by atoms with Crippen molar-refractivity contribution in [3.05, 3.63) is 0 Å². The van der Waals surface area contributed by atoms with Crippen molar-refractivity contribution in [2.45, 2.75) is 38.1 Å². The lowest BCUT2D eigenvalue weighted by Gasteiger charge is -2.20. The third-order valence-corrected chi connectivity index (χ3v) is 2.61. The molecule has 0 aliphatic rings.